The van der Waals surface area contributed by atoms with Gasteiger partial charge in [0, 0.05) is 23.8 Å². The second kappa shape index (κ2) is 9.64. The molecule has 0 spiro atoms. The Morgan fingerprint density at radius 3 is 2.81 bits per heavy atom. The van der Waals surface area contributed by atoms with Crippen LogP contribution in [0.3, 0.4) is 0 Å². The number of likely N-dealkylation sites (tertiary alicyclic amines) is 2. The molecule has 2 aliphatic rings. The van der Waals surface area contributed by atoms with E-state index in [4.69, 9.17) is 0 Å². The highest BCUT2D eigenvalue weighted by Crippen LogP contribution is 2.24. The Hall–Kier alpha value is -1.47. The highest BCUT2D eigenvalue weighted by molar-refractivity contribution is 9.10. The van der Waals surface area contributed by atoms with Crippen LogP contribution in [0.5, 0.6) is 0 Å². The van der Waals surface area contributed by atoms with Crippen molar-refractivity contribution in [1.29, 1.82) is 0 Å². The number of carbonyl (C=O) groups excluding carboxylic acids is 2. The van der Waals surface area contributed by atoms with E-state index < -0.39 is 0 Å². The predicted octanol–water partition coefficient (Wildman–Crippen LogP) is 3.29. The van der Waals surface area contributed by atoms with Gasteiger partial charge >= 0.3 is 0 Å². The summed E-state index contributed by atoms with van der Waals surface area (Å²) in [7, 11) is 0. The number of halogens is 1. The summed E-state index contributed by atoms with van der Waals surface area (Å²) in [5, 5.41) is 2.89. The molecule has 2 unspecified atom stereocenters. The topological polar surface area (TPSA) is 65.5 Å². The summed E-state index contributed by atoms with van der Waals surface area (Å²) in [5.74, 6) is 0.545. The van der Waals surface area contributed by atoms with Crippen molar-refractivity contribution < 1.29 is 9.59 Å². The molecule has 0 saturated carbocycles. The maximum Gasteiger partial charge on any atom is 0.239 e. The Kier molecular flexibility index (Phi) is 7.24. The first-order chi connectivity index (χ1) is 13.1. The van der Waals surface area contributed by atoms with E-state index in [0.29, 0.717) is 12.4 Å². The van der Waals surface area contributed by atoms with Crippen LogP contribution in [0.4, 0.5) is 5.82 Å². The summed E-state index contributed by atoms with van der Waals surface area (Å²) in [5.41, 5.74) is 0. The molecule has 0 aromatic carbocycles. The molecular formula is C20H29BrN4O2. The van der Waals surface area contributed by atoms with Crippen LogP contribution in [-0.4, -0.2) is 58.8 Å². The standard InChI is InChI=1S/C20H29BrN4O2/c1-2-10-24-11-4-3-7-17(24)20(27)25-12-5-6-15(14-25)19(26)23-18-9-8-16(21)13-22-18/h8-9,13,15,17H,2-7,10-12,14H2,1H3,(H,22,23,26). The second-order valence-corrected chi connectivity index (χ2v) is 8.44. The average Bonchev–Trinajstić information content (AvgIpc) is 2.70. The maximum atomic E-state index is 13.1. The van der Waals surface area contributed by atoms with E-state index in [-0.39, 0.29) is 23.8 Å². The van der Waals surface area contributed by atoms with Gasteiger partial charge in [0.2, 0.25) is 11.8 Å². The van der Waals surface area contributed by atoms with Crippen molar-refractivity contribution in [2.24, 2.45) is 5.92 Å². The van der Waals surface area contributed by atoms with Crippen LogP contribution in [0.25, 0.3) is 0 Å². The smallest absolute Gasteiger partial charge is 0.239 e. The molecule has 1 aromatic heterocycles. The van der Waals surface area contributed by atoms with Gasteiger partial charge in [-0.3, -0.25) is 14.5 Å². The van der Waals surface area contributed by atoms with Crippen molar-refractivity contribution in [2.75, 3.05) is 31.5 Å². The first-order valence-electron chi connectivity index (χ1n) is 10.0. The number of carbonyl (C=O) groups is 2. The summed E-state index contributed by atoms with van der Waals surface area (Å²) in [6.45, 7) is 5.42. The Morgan fingerprint density at radius 1 is 1.22 bits per heavy atom. The lowest BCUT2D eigenvalue weighted by Gasteiger charge is -2.40. The van der Waals surface area contributed by atoms with Crippen molar-refractivity contribution in [2.45, 2.75) is 51.5 Å². The lowest BCUT2D eigenvalue weighted by atomic mass is 9.94. The largest absolute Gasteiger partial charge is 0.341 e. The molecule has 148 valence electrons. The molecule has 1 aromatic rings. The van der Waals surface area contributed by atoms with Crippen LogP contribution in [0.1, 0.15) is 45.4 Å². The Labute approximate surface area is 169 Å². The minimum Gasteiger partial charge on any atom is -0.341 e. The van der Waals surface area contributed by atoms with Crippen molar-refractivity contribution in [1.82, 2.24) is 14.8 Å². The number of hydrogen-bond acceptors (Lipinski definition) is 4. The fourth-order valence-electron chi connectivity index (χ4n) is 4.11. The molecule has 1 N–H and O–H groups in total. The summed E-state index contributed by atoms with van der Waals surface area (Å²) in [6, 6.07) is 3.62. The van der Waals surface area contributed by atoms with Gasteiger partial charge < -0.3 is 10.2 Å². The van der Waals surface area contributed by atoms with Gasteiger partial charge in [0.15, 0.2) is 0 Å². The summed E-state index contributed by atoms with van der Waals surface area (Å²) in [4.78, 5) is 34.2. The third-order valence-electron chi connectivity index (χ3n) is 5.49. The van der Waals surface area contributed by atoms with Crippen molar-refractivity contribution >= 4 is 33.6 Å². The lowest BCUT2D eigenvalue weighted by molar-refractivity contribution is -0.141. The van der Waals surface area contributed by atoms with Crippen LogP contribution < -0.4 is 5.32 Å². The van der Waals surface area contributed by atoms with Gasteiger partial charge in [0.25, 0.3) is 0 Å². The van der Waals surface area contributed by atoms with Gasteiger partial charge in [-0.2, -0.15) is 0 Å². The van der Waals surface area contributed by atoms with Gasteiger partial charge in [0.05, 0.1) is 12.0 Å². The minimum atomic E-state index is -0.170. The fraction of sp³-hybridized carbons (Fsp3) is 0.650. The monoisotopic (exact) mass is 436 g/mol. The normalized spacial score (nSPS) is 23.9. The maximum absolute atomic E-state index is 13.1. The lowest BCUT2D eigenvalue weighted by Crippen LogP contribution is -2.54. The summed E-state index contributed by atoms with van der Waals surface area (Å²) in [6.07, 6.45) is 7.65. The summed E-state index contributed by atoms with van der Waals surface area (Å²) < 4.78 is 0.874. The molecule has 0 bridgehead atoms. The van der Waals surface area contributed by atoms with Gasteiger partial charge in [-0.05, 0) is 73.3 Å². The first-order valence-corrected chi connectivity index (χ1v) is 10.8. The highest BCUT2D eigenvalue weighted by atomic mass is 79.9. The zero-order valence-corrected chi connectivity index (χ0v) is 17.6. The fourth-order valence-corrected chi connectivity index (χ4v) is 4.34. The molecule has 2 amide bonds. The van der Waals surface area contributed by atoms with E-state index in [2.05, 4.69) is 38.1 Å². The van der Waals surface area contributed by atoms with E-state index in [9.17, 15) is 9.59 Å². The van der Waals surface area contributed by atoms with Gasteiger partial charge in [0.1, 0.15) is 5.82 Å². The number of piperidine rings is 2. The second-order valence-electron chi connectivity index (χ2n) is 7.52. The van der Waals surface area contributed by atoms with Crippen LogP contribution >= 0.6 is 15.9 Å². The number of anilines is 1. The number of hydrogen-bond donors (Lipinski definition) is 1. The number of nitrogens with zero attached hydrogens (tertiary/aromatic N) is 3. The van der Waals surface area contributed by atoms with E-state index >= 15 is 0 Å². The number of nitrogens with one attached hydrogen (secondary N) is 1. The van der Waals surface area contributed by atoms with Crippen molar-refractivity contribution in [3.63, 3.8) is 0 Å². The predicted molar refractivity (Wildman–Crippen MR) is 109 cm³/mol. The van der Waals surface area contributed by atoms with E-state index in [0.717, 1.165) is 56.2 Å². The Balaban J connectivity index is 1.60. The zero-order valence-electron chi connectivity index (χ0n) is 16.0. The van der Waals surface area contributed by atoms with E-state index in [1.54, 1.807) is 12.3 Å². The third-order valence-corrected chi connectivity index (χ3v) is 5.96. The molecule has 2 atom stereocenters. The van der Waals surface area contributed by atoms with Gasteiger partial charge in [-0.1, -0.05) is 13.3 Å². The van der Waals surface area contributed by atoms with Crippen molar-refractivity contribution in [3.8, 4) is 0 Å². The van der Waals surface area contributed by atoms with Crippen LogP contribution in [0.15, 0.2) is 22.8 Å². The average molecular weight is 437 g/mol. The van der Waals surface area contributed by atoms with Crippen molar-refractivity contribution in [3.05, 3.63) is 22.8 Å². The molecule has 7 heteroatoms. The van der Waals surface area contributed by atoms with Crippen LogP contribution in [0, 0.1) is 5.92 Å². The molecule has 2 aliphatic heterocycles. The van der Waals surface area contributed by atoms with Gasteiger partial charge in [-0.15, -0.1) is 0 Å². The minimum absolute atomic E-state index is 0.00588. The Bertz CT molecular complexity index is 650. The molecule has 3 rings (SSSR count). The van der Waals surface area contributed by atoms with Crippen LogP contribution in [-0.2, 0) is 9.59 Å². The Morgan fingerprint density at radius 2 is 2.07 bits per heavy atom. The highest BCUT2D eigenvalue weighted by Gasteiger charge is 2.35. The first kappa shape index (κ1) is 20.3. The van der Waals surface area contributed by atoms with E-state index in [1.807, 2.05) is 11.0 Å². The van der Waals surface area contributed by atoms with E-state index in [1.165, 1.54) is 6.42 Å². The number of aromatic nitrogens is 1. The number of rotatable bonds is 5. The number of pyridine rings is 1. The molecule has 2 fully saturated rings. The molecule has 0 radical (unpaired) electrons. The quantitative estimate of drug-likeness (QED) is 0.768. The SMILES string of the molecule is CCCN1CCCCC1C(=O)N1CCCC(C(=O)Nc2ccc(Br)cn2)C1. The molecule has 2 saturated heterocycles. The molecular weight excluding hydrogens is 408 g/mol. The summed E-state index contributed by atoms with van der Waals surface area (Å²) >= 11 is 3.34. The molecule has 27 heavy (non-hydrogen) atoms. The third kappa shape index (κ3) is 5.29. The zero-order chi connectivity index (χ0) is 19.2. The molecule has 3 heterocycles. The molecule has 0 aliphatic carbocycles. The molecule has 6 nitrogen and oxygen atoms in total. The number of amides is 2. The van der Waals surface area contributed by atoms with Gasteiger partial charge in [-0.25, -0.2) is 4.98 Å². The van der Waals surface area contributed by atoms with Crippen LogP contribution in [0.2, 0.25) is 0 Å².